The van der Waals surface area contributed by atoms with Crippen molar-refractivity contribution in [3.63, 3.8) is 0 Å². The number of aryl methyl sites for hydroxylation is 1. The summed E-state index contributed by atoms with van der Waals surface area (Å²) in [6.45, 7) is 4.98. The lowest BCUT2D eigenvalue weighted by Gasteiger charge is -2.34. The summed E-state index contributed by atoms with van der Waals surface area (Å²) in [5.74, 6) is 0.777. The summed E-state index contributed by atoms with van der Waals surface area (Å²) in [5.41, 5.74) is 3.59. The van der Waals surface area contributed by atoms with Crippen molar-refractivity contribution in [3.8, 4) is 17.2 Å². The smallest absolute Gasteiger partial charge is 0.243 e. The lowest BCUT2D eigenvalue weighted by molar-refractivity contribution is -0.131. The Morgan fingerprint density at radius 3 is 2.23 bits per heavy atom. The topological polar surface area (TPSA) is 94.0 Å². The third kappa shape index (κ3) is 4.89. The van der Waals surface area contributed by atoms with Gasteiger partial charge in [-0.15, -0.1) is 0 Å². The molecule has 0 N–H and O–H groups in total. The van der Waals surface area contributed by atoms with Crippen molar-refractivity contribution in [2.75, 3.05) is 40.4 Å². The van der Waals surface area contributed by atoms with Crippen LogP contribution in [0.1, 0.15) is 17.0 Å². The van der Waals surface area contributed by atoms with Gasteiger partial charge in [-0.1, -0.05) is 18.2 Å². The molecule has 0 saturated carbocycles. The van der Waals surface area contributed by atoms with Crippen LogP contribution in [-0.2, 0) is 21.2 Å². The van der Waals surface area contributed by atoms with E-state index in [2.05, 4.69) is 5.10 Å². The molecule has 2 heterocycles. The number of sulfonamides is 1. The van der Waals surface area contributed by atoms with Gasteiger partial charge in [-0.2, -0.15) is 9.40 Å². The van der Waals surface area contributed by atoms with Gasteiger partial charge in [0.25, 0.3) is 0 Å². The Bertz CT molecular complexity index is 1310. The fraction of sp³-hybridized carbons (Fsp3) is 0.360. The molecule has 1 saturated heterocycles. The number of hydrogen-bond acceptors (Lipinski definition) is 6. The van der Waals surface area contributed by atoms with E-state index in [1.807, 2.05) is 48.9 Å². The molecule has 1 aliphatic rings. The minimum atomic E-state index is -3.72. The van der Waals surface area contributed by atoms with Crippen LogP contribution in [-0.4, -0.2) is 73.7 Å². The maximum atomic E-state index is 13.2. The molecule has 9 nitrogen and oxygen atoms in total. The van der Waals surface area contributed by atoms with Gasteiger partial charge in [0, 0.05) is 43.5 Å². The molecule has 0 aliphatic carbocycles. The van der Waals surface area contributed by atoms with E-state index < -0.39 is 10.0 Å². The molecule has 186 valence electrons. The zero-order valence-electron chi connectivity index (χ0n) is 20.4. The molecular formula is C25H30N4O5S. The van der Waals surface area contributed by atoms with Gasteiger partial charge in [-0.05, 0) is 38.1 Å². The highest BCUT2D eigenvalue weighted by Crippen LogP contribution is 2.31. The van der Waals surface area contributed by atoms with Crippen LogP contribution in [0.25, 0.3) is 5.69 Å². The number of carbonyl (C=O) groups excluding carboxylic acids is 1. The molecule has 0 bridgehead atoms. The lowest BCUT2D eigenvalue weighted by atomic mass is 10.1. The second kappa shape index (κ2) is 10.1. The van der Waals surface area contributed by atoms with Crippen molar-refractivity contribution in [1.29, 1.82) is 0 Å². The molecule has 35 heavy (non-hydrogen) atoms. The molecule has 1 aliphatic heterocycles. The van der Waals surface area contributed by atoms with Crippen molar-refractivity contribution in [2.45, 2.75) is 25.2 Å². The molecule has 1 amide bonds. The number of piperazine rings is 1. The number of aromatic nitrogens is 2. The fourth-order valence-electron chi connectivity index (χ4n) is 4.32. The van der Waals surface area contributed by atoms with Crippen LogP contribution < -0.4 is 9.47 Å². The van der Waals surface area contributed by atoms with Gasteiger partial charge in [0.15, 0.2) is 11.5 Å². The number of hydrogen-bond donors (Lipinski definition) is 0. The van der Waals surface area contributed by atoms with Crippen molar-refractivity contribution in [3.05, 3.63) is 65.5 Å². The molecule has 3 aromatic rings. The van der Waals surface area contributed by atoms with Gasteiger partial charge in [-0.3, -0.25) is 4.79 Å². The zero-order valence-corrected chi connectivity index (χ0v) is 21.2. The largest absolute Gasteiger partial charge is 0.493 e. The van der Waals surface area contributed by atoms with Gasteiger partial charge in [0.2, 0.25) is 15.9 Å². The first-order valence-electron chi connectivity index (χ1n) is 11.4. The quantitative estimate of drug-likeness (QED) is 0.497. The first-order chi connectivity index (χ1) is 16.8. The van der Waals surface area contributed by atoms with Gasteiger partial charge in [0.05, 0.1) is 36.9 Å². The van der Waals surface area contributed by atoms with E-state index in [0.717, 1.165) is 22.6 Å². The van der Waals surface area contributed by atoms with E-state index in [0.29, 0.717) is 24.6 Å². The number of amides is 1. The van der Waals surface area contributed by atoms with Crippen LogP contribution in [0, 0.1) is 13.8 Å². The van der Waals surface area contributed by atoms with E-state index >= 15 is 0 Å². The van der Waals surface area contributed by atoms with Crippen LogP contribution >= 0.6 is 0 Å². The molecule has 0 spiro atoms. The van der Waals surface area contributed by atoms with Gasteiger partial charge in [-0.25, -0.2) is 13.1 Å². The molecule has 0 unspecified atom stereocenters. The Morgan fingerprint density at radius 2 is 1.60 bits per heavy atom. The summed E-state index contributed by atoms with van der Waals surface area (Å²) in [6.07, 6.45) is 0.229. The van der Waals surface area contributed by atoms with E-state index in [4.69, 9.17) is 9.47 Å². The fourth-order valence-corrected chi connectivity index (χ4v) is 5.76. The van der Waals surface area contributed by atoms with Gasteiger partial charge < -0.3 is 14.4 Å². The normalized spacial score (nSPS) is 14.7. The first-order valence-corrected chi connectivity index (χ1v) is 12.8. The van der Waals surface area contributed by atoms with Crippen molar-refractivity contribution in [1.82, 2.24) is 19.0 Å². The number of carbonyl (C=O) groups is 1. The number of para-hydroxylation sites is 1. The van der Waals surface area contributed by atoms with Crippen molar-refractivity contribution in [2.24, 2.45) is 0 Å². The molecule has 1 aromatic heterocycles. The van der Waals surface area contributed by atoms with E-state index in [-0.39, 0.29) is 30.3 Å². The number of ether oxygens (including phenoxy) is 2. The van der Waals surface area contributed by atoms with E-state index in [1.165, 1.54) is 30.7 Å². The molecule has 0 atom stereocenters. The maximum Gasteiger partial charge on any atom is 0.243 e. The summed E-state index contributed by atoms with van der Waals surface area (Å²) in [5, 5.41) is 4.62. The lowest BCUT2D eigenvalue weighted by Crippen LogP contribution is -2.50. The minimum Gasteiger partial charge on any atom is -0.493 e. The molecule has 1 fully saturated rings. The Kier molecular flexibility index (Phi) is 7.13. The number of nitrogens with zero attached hydrogens (tertiary/aromatic N) is 4. The summed E-state index contributed by atoms with van der Waals surface area (Å²) in [6, 6.07) is 14.3. The van der Waals surface area contributed by atoms with E-state index in [9.17, 15) is 13.2 Å². The summed E-state index contributed by atoms with van der Waals surface area (Å²) < 4.78 is 40.0. The number of rotatable bonds is 7. The Morgan fingerprint density at radius 1 is 0.943 bits per heavy atom. The first kappa shape index (κ1) is 24.7. The summed E-state index contributed by atoms with van der Waals surface area (Å²) in [4.78, 5) is 14.9. The molecular weight excluding hydrogens is 468 g/mol. The SMILES string of the molecule is COc1ccc(S(=O)(=O)N2CCN(C(=O)Cc3c(C)nn(-c4ccccc4)c3C)CC2)cc1OC. The monoisotopic (exact) mass is 498 g/mol. The maximum absolute atomic E-state index is 13.2. The Hall–Kier alpha value is -3.37. The highest BCUT2D eigenvalue weighted by Gasteiger charge is 2.31. The number of benzene rings is 2. The number of methoxy groups -OCH3 is 2. The Labute approximate surface area is 205 Å². The summed E-state index contributed by atoms with van der Waals surface area (Å²) >= 11 is 0. The standard InChI is InChI=1S/C25H30N4O5S/c1-18-22(19(2)29(26-18)20-8-6-5-7-9-20)17-25(30)27-12-14-28(15-13-27)35(31,32)21-10-11-23(33-3)24(16-21)34-4/h5-11,16H,12-15,17H2,1-4H3. The van der Waals surface area contributed by atoms with E-state index in [1.54, 1.807) is 11.0 Å². The van der Waals surface area contributed by atoms with Crippen LogP contribution in [0.15, 0.2) is 53.4 Å². The highest BCUT2D eigenvalue weighted by molar-refractivity contribution is 7.89. The predicted molar refractivity (Wildman–Crippen MR) is 132 cm³/mol. The van der Waals surface area contributed by atoms with Crippen LogP contribution in [0.5, 0.6) is 11.5 Å². The predicted octanol–water partition coefficient (Wildman–Crippen LogP) is 2.58. The molecule has 10 heteroatoms. The minimum absolute atomic E-state index is 0.0352. The van der Waals surface area contributed by atoms with Crippen LogP contribution in [0.4, 0.5) is 0 Å². The van der Waals surface area contributed by atoms with Gasteiger partial charge in [0.1, 0.15) is 0 Å². The average Bonchev–Trinajstić information content (AvgIpc) is 3.17. The van der Waals surface area contributed by atoms with Crippen molar-refractivity contribution < 1.29 is 22.7 Å². The third-order valence-corrected chi connectivity index (χ3v) is 8.25. The second-order valence-corrected chi connectivity index (χ2v) is 10.3. The van der Waals surface area contributed by atoms with Crippen LogP contribution in [0.2, 0.25) is 0 Å². The zero-order chi connectivity index (χ0) is 25.2. The van der Waals surface area contributed by atoms with Crippen molar-refractivity contribution >= 4 is 15.9 Å². The average molecular weight is 499 g/mol. The van der Waals surface area contributed by atoms with Crippen LogP contribution in [0.3, 0.4) is 0 Å². The van der Waals surface area contributed by atoms with Gasteiger partial charge >= 0.3 is 0 Å². The molecule has 0 radical (unpaired) electrons. The third-order valence-electron chi connectivity index (χ3n) is 6.35. The highest BCUT2D eigenvalue weighted by atomic mass is 32.2. The molecule has 4 rings (SSSR count). The second-order valence-electron chi connectivity index (χ2n) is 8.38. The molecule has 2 aromatic carbocycles. The summed E-state index contributed by atoms with van der Waals surface area (Å²) in [7, 11) is -0.760. The Balaban J connectivity index is 1.43.